The summed E-state index contributed by atoms with van der Waals surface area (Å²) in [5.41, 5.74) is -0.159. The van der Waals surface area contributed by atoms with Crippen LogP contribution in [0.4, 0.5) is 4.79 Å². The van der Waals surface area contributed by atoms with Crippen LogP contribution in [-0.2, 0) is 9.53 Å². The summed E-state index contributed by atoms with van der Waals surface area (Å²) in [4.78, 5) is 31.0. The molecule has 0 atom stereocenters. The number of ether oxygens (including phenoxy) is 1. The van der Waals surface area contributed by atoms with Crippen molar-refractivity contribution in [3.8, 4) is 0 Å². The van der Waals surface area contributed by atoms with E-state index in [-0.39, 0.29) is 17.4 Å². The Balaban J connectivity index is 1.44. The van der Waals surface area contributed by atoms with Crippen LogP contribution in [0.15, 0.2) is 0 Å². The second-order valence-corrected chi connectivity index (χ2v) is 9.20. The molecule has 3 fully saturated rings. The molecule has 0 radical (unpaired) electrons. The lowest BCUT2D eigenvalue weighted by molar-refractivity contribution is -0.147. The van der Waals surface area contributed by atoms with Crippen molar-refractivity contribution in [3.63, 3.8) is 0 Å². The molecule has 0 unspecified atom stereocenters. The number of hydrogen-bond acceptors (Lipinski definition) is 4. The van der Waals surface area contributed by atoms with Crippen molar-refractivity contribution in [2.45, 2.75) is 52.1 Å². The Labute approximate surface area is 151 Å². The topological polar surface area (TPSA) is 53.1 Å². The van der Waals surface area contributed by atoms with Crippen molar-refractivity contribution in [2.75, 3.05) is 46.3 Å². The summed E-state index contributed by atoms with van der Waals surface area (Å²) < 4.78 is 5.47. The molecule has 2 saturated heterocycles. The van der Waals surface area contributed by atoms with E-state index in [1.165, 1.54) is 0 Å². The van der Waals surface area contributed by atoms with E-state index in [0.29, 0.717) is 5.91 Å². The highest BCUT2D eigenvalue weighted by Crippen LogP contribution is 2.53. The smallest absolute Gasteiger partial charge is 0.410 e. The van der Waals surface area contributed by atoms with Gasteiger partial charge in [-0.1, -0.05) is 0 Å². The number of likely N-dealkylation sites (N-methyl/N-ethyl adjacent to an activating group) is 1. The van der Waals surface area contributed by atoms with Gasteiger partial charge in [0, 0.05) is 45.2 Å². The van der Waals surface area contributed by atoms with Gasteiger partial charge in [0.2, 0.25) is 5.91 Å². The second-order valence-electron chi connectivity index (χ2n) is 9.20. The summed E-state index contributed by atoms with van der Waals surface area (Å²) in [6.07, 6.45) is 3.80. The van der Waals surface area contributed by atoms with Gasteiger partial charge in [-0.25, -0.2) is 4.79 Å². The zero-order valence-electron chi connectivity index (χ0n) is 16.2. The molecule has 142 valence electrons. The summed E-state index contributed by atoms with van der Waals surface area (Å²) >= 11 is 0. The highest BCUT2D eigenvalue weighted by molar-refractivity contribution is 5.80. The first kappa shape index (κ1) is 18.5. The summed E-state index contributed by atoms with van der Waals surface area (Å²) in [6, 6.07) is 0. The monoisotopic (exact) mass is 351 g/mol. The van der Waals surface area contributed by atoms with Gasteiger partial charge in [0.25, 0.3) is 0 Å². The molecule has 2 amide bonds. The molecule has 0 aromatic carbocycles. The molecular weight excluding hydrogens is 318 g/mol. The third-order valence-electron chi connectivity index (χ3n) is 6.00. The van der Waals surface area contributed by atoms with E-state index in [1.54, 1.807) is 0 Å². The Hall–Kier alpha value is -1.30. The standard InChI is InChI=1S/C19H33N3O3/c1-18(2,3)25-17(24)22-7-5-19(6-8-22)13-15(14-19)16(23)21-11-9-20(4)10-12-21/h15H,5-14H2,1-4H3. The minimum atomic E-state index is -0.442. The Morgan fingerprint density at radius 2 is 1.48 bits per heavy atom. The van der Waals surface area contributed by atoms with E-state index in [2.05, 4.69) is 11.9 Å². The number of piperidine rings is 1. The lowest BCUT2D eigenvalue weighted by Gasteiger charge is -2.52. The first-order valence-corrected chi connectivity index (χ1v) is 9.63. The molecule has 1 spiro atoms. The predicted octanol–water partition coefficient (Wildman–Crippen LogP) is 2.19. The SMILES string of the molecule is CN1CCN(C(=O)C2CC3(CCN(C(=O)OC(C)(C)C)CC3)C2)CC1. The van der Waals surface area contributed by atoms with Crippen LogP contribution in [0.1, 0.15) is 46.5 Å². The fourth-order valence-corrected chi connectivity index (χ4v) is 4.34. The van der Waals surface area contributed by atoms with Gasteiger partial charge in [0.15, 0.2) is 0 Å². The summed E-state index contributed by atoms with van der Waals surface area (Å²) in [7, 11) is 2.11. The number of nitrogens with zero attached hydrogens (tertiary/aromatic N) is 3. The number of piperazine rings is 1. The number of carbonyl (C=O) groups excluding carboxylic acids is 2. The van der Waals surface area contributed by atoms with Crippen molar-refractivity contribution in [3.05, 3.63) is 0 Å². The molecule has 6 nitrogen and oxygen atoms in total. The fraction of sp³-hybridized carbons (Fsp3) is 0.895. The normalized spacial score (nSPS) is 25.0. The fourth-order valence-electron chi connectivity index (χ4n) is 4.34. The zero-order chi connectivity index (χ0) is 18.2. The van der Waals surface area contributed by atoms with Gasteiger partial charge < -0.3 is 19.4 Å². The lowest BCUT2D eigenvalue weighted by Crippen LogP contribution is -2.55. The summed E-state index contributed by atoms with van der Waals surface area (Å²) in [5, 5.41) is 0. The Morgan fingerprint density at radius 1 is 0.920 bits per heavy atom. The van der Waals surface area contributed by atoms with Crippen molar-refractivity contribution >= 4 is 12.0 Å². The minimum Gasteiger partial charge on any atom is -0.444 e. The molecule has 2 aliphatic heterocycles. The Bertz CT molecular complexity index is 504. The maximum Gasteiger partial charge on any atom is 0.410 e. The highest BCUT2D eigenvalue weighted by Gasteiger charge is 2.50. The van der Waals surface area contributed by atoms with Gasteiger partial charge in [-0.3, -0.25) is 4.79 Å². The number of amides is 2. The van der Waals surface area contributed by atoms with Crippen LogP contribution < -0.4 is 0 Å². The lowest BCUT2D eigenvalue weighted by atomic mass is 9.57. The molecular formula is C19H33N3O3. The van der Waals surface area contributed by atoms with Crippen LogP contribution in [-0.4, -0.2) is 78.6 Å². The molecule has 6 heteroatoms. The van der Waals surface area contributed by atoms with E-state index in [1.807, 2.05) is 30.6 Å². The van der Waals surface area contributed by atoms with E-state index in [0.717, 1.165) is 65.0 Å². The van der Waals surface area contributed by atoms with Crippen LogP contribution in [0.5, 0.6) is 0 Å². The average Bonchev–Trinajstić information content (AvgIpc) is 2.51. The van der Waals surface area contributed by atoms with Gasteiger partial charge in [-0.05, 0) is 58.9 Å². The van der Waals surface area contributed by atoms with E-state index >= 15 is 0 Å². The molecule has 3 aliphatic rings. The number of rotatable bonds is 1. The number of carbonyl (C=O) groups is 2. The van der Waals surface area contributed by atoms with Gasteiger partial charge in [-0.15, -0.1) is 0 Å². The molecule has 0 aromatic rings. The Morgan fingerprint density at radius 3 is 2.00 bits per heavy atom. The van der Waals surface area contributed by atoms with E-state index < -0.39 is 5.60 Å². The van der Waals surface area contributed by atoms with E-state index in [4.69, 9.17) is 4.74 Å². The molecule has 2 heterocycles. The van der Waals surface area contributed by atoms with Gasteiger partial charge in [0.1, 0.15) is 5.60 Å². The second kappa shape index (κ2) is 6.78. The highest BCUT2D eigenvalue weighted by atomic mass is 16.6. The predicted molar refractivity (Wildman–Crippen MR) is 96.3 cm³/mol. The molecule has 25 heavy (non-hydrogen) atoms. The molecule has 1 saturated carbocycles. The molecule has 1 aliphatic carbocycles. The number of hydrogen-bond donors (Lipinski definition) is 0. The van der Waals surface area contributed by atoms with Crippen LogP contribution >= 0.6 is 0 Å². The van der Waals surface area contributed by atoms with Crippen molar-refractivity contribution in [2.24, 2.45) is 11.3 Å². The maximum atomic E-state index is 12.7. The molecule has 0 N–H and O–H groups in total. The largest absolute Gasteiger partial charge is 0.444 e. The Kier molecular flexibility index (Phi) is 5.02. The van der Waals surface area contributed by atoms with Gasteiger partial charge in [-0.2, -0.15) is 0 Å². The van der Waals surface area contributed by atoms with Crippen LogP contribution in [0.25, 0.3) is 0 Å². The first-order chi connectivity index (χ1) is 11.7. The van der Waals surface area contributed by atoms with Crippen molar-refractivity contribution in [1.82, 2.24) is 14.7 Å². The van der Waals surface area contributed by atoms with Gasteiger partial charge in [0.05, 0.1) is 0 Å². The van der Waals surface area contributed by atoms with Crippen LogP contribution in [0.3, 0.4) is 0 Å². The maximum absolute atomic E-state index is 12.7. The summed E-state index contributed by atoms with van der Waals surface area (Å²) in [5.74, 6) is 0.560. The van der Waals surface area contributed by atoms with Crippen molar-refractivity contribution < 1.29 is 14.3 Å². The zero-order valence-corrected chi connectivity index (χ0v) is 16.2. The van der Waals surface area contributed by atoms with Crippen LogP contribution in [0, 0.1) is 11.3 Å². The minimum absolute atomic E-state index is 0.202. The van der Waals surface area contributed by atoms with E-state index in [9.17, 15) is 9.59 Å². The first-order valence-electron chi connectivity index (χ1n) is 9.63. The van der Waals surface area contributed by atoms with Crippen LogP contribution in [0.2, 0.25) is 0 Å². The van der Waals surface area contributed by atoms with Gasteiger partial charge >= 0.3 is 6.09 Å². The third kappa shape index (κ3) is 4.27. The van der Waals surface area contributed by atoms with Crippen molar-refractivity contribution in [1.29, 1.82) is 0 Å². The summed E-state index contributed by atoms with van der Waals surface area (Å²) in [6.45, 7) is 10.9. The molecule has 3 rings (SSSR count). The third-order valence-corrected chi connectivity index (χ3v) is 6.00. The quantitative estimate of drug-likeness (QED) is 0.727. The molecule has 0 bridgehead atoms. The molecule has 0 aromatic heterocycles. The average molecular weight is 351 g/mol. The number of likely N-dealkylation sites (tertiary alicyclic amines) is 1.